The average Bonchev–Trinajstić information content (AvgIpc) is 3.00. The van der Waals surface area contributed by atoms with E-state index in [2.05, 4.69) is 9.80 Å². The second kappa shape index (κ2) is 7.62. The fourth-order valence-electron chi connectivity index (χ4n) is 4.00. The van der Waals surface area contributed by atoms with Crippen LogP contribution in [-0.2, 0) is 11.3 Å². The zero-order valence-corrected chi connectivity index (χ0v) is 16.5. The van der Waals surface area contributed by atoms with Gasteiger partial charge in [-0.3, -0.25) is 14.6 Å². The third-order valence-corrected chi connectivity index (χ3v) is 5.48. The second-order valence-electron chi connectivity index (χ2n) is 7.76. The number of rotatable bonds is 4. The van der Waals surface area contributed by atoms with Crippen LogP contribution in [0, 0.1) is 6.92 Å². The summed E-state index contributed by atoms with van der Waals surface area (Å²) in [4.78, 5) is 17.4. The molecule has 6 heteroatoms. The van der Waals surface area contributed by atoms with Crippen LogP contribution < -0.4 is 9.47 Å². The van der Waals surface area contributed by atoms with Crippen LogP contribution in [0.3, 0.4) is 0 Å². The third-order valence-electron chi connectivity index (χ3n) is 5.48. The maximum atomic E-state index is 12.7. The van der Waals surface area contributed by atoms with E-state index in [4.69, 9.17) is 14.2 Å². The van der Waals surface area contributed by atoms with E-state index in [-0.39, 0.29) is 5.78 Å². The van der Waals surface area contributed by atoms with E-state index in [1.54, 1.807) is 0 Å². The SMILES string of the molecule is CC(C)=C1Oc2c(cc3c(c2C)OCN(CCCN2CCOCC2)C3)C1=O. The van der Waals surface area contributed by atoms with Gasteiger partial charge in [0.15, 0.2) is 5.76 Å². The quantitative estimate of drug-likeness (QED) is 0.758. The van der Waals surface area contributed by atoms with Gasteiger partial charge in [0.2, 0.25) is 5.78 Å². The lowest BCUT2D eigenvalue weighted by Crippen LogP contribution is -2.39. The van der Waals surface area contributed by atoms with Crippen LogP contribution in [0.4, 0.5) is 0 Å². The highest BCUT2D eigenvalue weighted by Gasteiger charge is 2.34. The Morgan fingerprint density at radius 3 is 2.59 bits per heavy atom. The largest absolute Gasteiger partial charge is 0.477 e. The fraction of sp³-hybridized carbons (Fsp3) is 0.571. The van der Waals surface area contributed by atoms with E-state index in [1.807, 2.05) is 26.8 Å². The zero-order valence-electron chi connectivity index (χ0n) is 16.5. The van der Waals surface area contributed by atoms with Crippen molar-refractivity contribution in [1.29, 1.82) is 0 Å². The summed E-state index contributed by atoms with van der Waals surface area (Å²) in [5.74, 6) is 1.98. The predicted octanol–water partition coefficient (Wildman–Crippen LogP) is 2.74. The van der Waals surface area contributed by atoms with Crippen molar-refractivity contribution in [2.24, 2.45) is 0 Å². The topological polar surface area (TPSA) is 51.2 Å². The highest BCUT2D eigenvalue weighted by molar-refractivity contribution is 6.13. The second-order valence-corrected chi connectivity index (χ2v) is 7.76. The molecule has 1 aromatic carbocycles. The van der Waals surface area contributed by atoms with E-state index >= 15 is 0 Å². The summed E-state index contributed by atoms with van der Waals surface area (Å²) in [6.07, 6.45) is 1.10. The molecule has 1 aromatic rings. The molecule has 3 aliphatic heterocycles. The van der Waals surface area contributed by atoms with Crippen molar-refractivity contribution in [3.8, 4) is 11.5 Å². The summed E-state index contributed by atoms with van der Waals surface area (Å²) in [6, 6.07) is 1.96. The molecule has 0 unspecified atom stereocenters. The first-order valence-corrected chi connectivity index (χ1v) is 9.76. The van der Waals surface area contributed by atoms with Gasteiger partial charge in [-0.1, -0.05) is 0 Å². The van der Waals surface area contributed by atoms with E-state index in [0.717, 1.165) is 74.8 Å². The number of ether oxygens (including phenoxy) is 3. The molecular formula is C21H28N2O4. The highest BCUT2D eigenvalue weighted by atomic mass is 16.5. The molecule has 0 N–H and O–H groups in total. The van der Waals surface area contributed by atoms with Crippen molar-refractivity contribution in [3.63, 3.8) is 0 Å². The summed E-state index contributed by atoms with van der Waals surface area (Å²) >= 11 is 0. The van der Waals surface area contributed by atoms with Crippen LogP contribution in [0.15, 0.2) is 17.4 Å². The number of benzene rings is 1. The summed E-state index contributed by atoms with van der Waals surface area (Å²) < 4.78 is 17.3. The lowest BCUT2D eigenvalue weighted by Gasteiger charge is -2.31. The summed E-state index contributed by atoms with van der Waals surface area (Å²) in [6.45, 7) is 13.0. The monoisotopic (exact) mass is 372 g/mol. The molecule has 1 fully saturated rings. The number of carbonyl (C=O) groups excluding carboxylic acids is 1. The molecule has 0 bridgehead atoms. The molecule has 0 atom stereocenters. The number of hydrogen-bond donors (Lipinski definition) is 0. The van der Waals surface area contributed by atoms with E-state index < -0.39 is 0 Å². The number of morpholine rings is 1. The van der Waals surface area contributed by atoms with Crippen LogP contribution in [0.5, 0.6) is 11.5 Å². The van der Waals surface area contributed by atoms with Crippen LogP contribution in [0.2, 0.25) is 0 Å². The molecule has 27 heavy (non-hydrogen) atoms. The van der Waals surface area contributed by atoms with E-state index in [9.17, 15) is 4.79 Å². The standard InChI is InChI=1S/C21H28N2O4/c1-14(2)19-18(24)17-11-16-12-23(6-4-5-22-7-9-25-10-8-22)13-26-20(16)15(3)21(17)27-19/h11H,4-10,12-13H2,1-3H3. The molecule has 0 aromatic heterocycles. The first-order chi connectivity index (χ1) is 13.0. The van der Waals surface area contributed by atoms with Gasteiger partial charge < -0.3 is 14.2 Å². The summed E-state index contributed by atoms with van der Waals surface area (Å²) in [5.41, 5.74) is 3.58. The van der Waals surface area contributed by atoms with Gasteiger partial charge in [0.05, 0.1) is 18.8 Å². The Morgan fingerprint density at radius 1 is 1.11 bits per heavy atom. The molecule has 0 radical (unpaired) electrons. The highest BCUT2D eigenvalue weighted by Crippen LogP contribution is 2.43. The van der Waals surface area contributed by atoms with Crippen molar-refractivity contribution in [2.45, 2.75) is 33.7 Å². The van der Waals surface area contributed by atoms with Gasteiger partial charge in [-0.15, -0.1) is 0 Å². The van der Waals surface area contributed by atoms with Crippen molar-refractivity contribution in [3.05, 3.63) is 34.1 Å². The summed E-state index contributed by atoms with van der Waals surface area (Å²) in [5, 5.41) is 0. The van der Waals surface area contributed by atoms with E-state index in [1.165, 1.54) is 0 Å². The molecule has 146 valence electrons. The third kappa shape index (κ3) is 3.61. The predicted molar refractivity (Wildman–Crippen MR) is 102 cm³/mol. The maximum Gasteiger partial charge on any atom is 0.231 e. The Bertz CT molecular complexity index is 777. The lowest BCUT2D eigenvalue weighted by molar-refractivity contribution is 0.0329. The average molecular weight is 372 g/mol. The molecule has 0 amide bonds. The number of nitrogens with zero attached hydrogens (tertiary/aromatic N) is 2. The number of ketones is 1. The van der Waals surface area contributed by atoms with Gasteiger partial charge in [-0.25, -0.2) is 0 Å². The Hall–Kier alpha value is -1.89. The molecular weight excluding hydrogens is 344 g/mol. The Labute approximate surface area is 160 Å². The van der Waals surface area contributed by atoms with Crippen LogP contribution in [0.1, 0.15) is 41.8 Å². The first kappa shape index (κ1) is 18.5. The molecule has 3 aliphatic rings. The van der Waals surface area contributed by atoms with Crippen LogP contribution >= 0.6 is 0 Å². The maximum absolute atomic E-state index is 12.7. The molecule has 1 saturated heterocycles. The number of Topliss-reactive ketones (excluding diaryl/α,β-unsaturated/α-hetero) is 1. The van der Waals surface area contributed by atoms with Crippen molar-refractivity contribution >= 4 is 5.78 Å². The number of hydrogen-bond acceptors (Lipinski definition) is 6. The molecule has 0 aliphatic carbocycles. The van der Waals surface area contributed by atoms with Crippen molar-refractivity contribution < 1.29 is 19.0 Å². The van der Waals surface area contributed by atoms with E-state index in [0.29, 0.717) is 23.8 Å². The smallest absolute Gasteiger partial charge is 0.231 e. The first-order valence-electron chi connectivity index (χ1n) is 9.76. The molecule has 6 nitrogen and oxygen atoms in total. The van der Waals surface area contributed by atoms with Crippen molar-refractivity contribution in [1.82, 2.24) is 9.80 Å². The van der Waals surface area contributed by atoms with Gasteiger partial charge in [0, 0.05) is 37.3 Å². The lowest BCUT2D eigenvalue weighted by atomic mass is 9.99. The van der Waals surface area contributed by atoms with Crippen LogP contribution in [0.25, 0.3) is 0 Å². The normalized spacial score (nSPS) is 20.1. The fourth-order valence-corrected chi connectivity index (χ4v) is 4.00. The Kier molecular flexibility index (Phi) is 5.21. The number of allylic oxidation sites excluding steroid dienone is 2. The molecule has 3 heterocycles. The van der Waals surface area contributed by atoms with Gasteiger partial charge in [0.25, 0.3) is 0 Å². The van der Waals surface area contributed by atoms with Gasteiger partial charge in [-0.05, 0) is 45.4 Å². The number of fused-ring (bicyclic) bond motifs is 2. The minimum absolute atomic E-state index is 0.0136. The molecule has 0 saturated carbocycles. The van der Waals surface area contributed by atoms with Crippen molar-refractivity contribution in [2.75, 3.05) is 46.1 Å². The Balaban J connectivity index is 1.44. The number of carbonyl (C=O) groups is 1. The van der Waals surface area contributed by atoms with Gasteiger partial charge in [-0.2, -0.15) is 0 Å². The molecule has 0 spiro atoms. The van der Waals surface area contributed by atoms with Gasteiger partial charge in [0.1, 0.15) is 18.2 Å². The minimum atomic E-state index is -0.0136. The Morgan fingerprint density at radius 2 is 1.85 bits per heavy atom. The molecule has 4 rings (SSSR count). The van der Waals surface area contributed by atoms with Crippen LogP contribution in [-0.4, -0.2) is 61.7 Å². The minimum Gasteiger partial charge on any atom is -0.477 e. The summed E-state index contributed by atoms with van der Waals surface area (Å²) in [7, 11) is 0. The van der Waals surface area contributed by atoms with Gasteiger partial charge >= 0.3 is 0 Å². The zero-order chi connectivity index (χ0) is 19.0.